The number of methoxy groups -OCH3 is 1. The lowest BCUT2D eigenvalue weighted by atomic mass is 9.86. The molecule has 2 fully saturated rings. The molecule has 7 nitrogen and oxygen atoms in total. The van der Waals surface area contributed by atoms with E-state index in [0.29, 0.717) is 19.8 Å². The van der Waals surface area contributed by atoms with Crippen molar-refractivity contribution in [2.45, 2.75) is 50.8 Å². The molecular formula is C25H32N4O3. The van der Waals surface area contributed by atoms with Crippen LogP contribution in [0.4, 0.5) is 22.9 Å². The Hall–Kier alpha value is -2.64. The second kappa shape index (κ2) is 8.37. The Bertz CT molecular complexity index is 998. The number of carbonyl (C=O) groups excluding carboxylic acids is 1. The summed E-state index contributed by atoms with van der Waals surface area (Å²) in [4.78, 5) is 22.6. The van der Waals surface area contributed by atoms with Crippen molar-refractivity contribution >= 4 is 28.8 Å². The third kappa shape index (κ3) is 3.73. The van der Waals surface area contributed by atoms with Crippen molar-refractivity contribution in [3.05, 3.63) is 42.1 Å². The molecule has 1 aromatic carbocycles. The van der Waals surface area contributed by atoms with Gasteiger partial charge in [0.05, 0.1) is 42.8 Å². The Kier molecular flexibility index (Phi) is 5.55. The van der Waals surface area contributed by atoms with Crippen molar-refractivity contribution in [1.29, 1.82) is 0 Å². The minimum Gasteiger partial charge on any atom is -0.381 e. The van der Waals surface area contributed by atoms with Crippen LogP contribution in [0.5, 0.6) is 0 Å². The highest BCUT2D eigenvalue weighted by molar-refractivity contribution is 6.00. The van der Waals surface area contributed by atoms with E-state index in [1.165, 1.54) is 0 Å². The number of fused-ring (bicyclic) bond motifs is 2. The maximum absolute atomic E-state index is 13.8. The molecule has 1 aliphatic carbocycles. The lowest BCUT2D eigenvalue weighted by Gasteiger charge is -2.46. The smallest absolute Gasteiger partial charge is 0.230 e. The van der Waals surface area contributed by atoms with Gasteiger partial charge in [0.2, 0.25) is 5.91 Å². The van der Waals surface area contributed by atoms with E-state index in [2.05, 4.69) is 47.4 Å². The summed E-state index contributed by atoms with van der Waals surface area (Å²) in [5.74, 6) is 1.02. The van der Waals surface area contributed by atoms with Crippen LogP contribution in [0.15, 0.2) is 36.5 Å². The Morgan fingerprint density at radius 1 is 1.25 bits per heavy atom. The molecule has 0 spiro atoms. The second-order valence-corrected chi connectivity index (χ2v) is 9.52. The highest BCUT2D eigenvalue weighted by Crippen LogP contribution is 2.41. The molecule has 0 bridgehead atoms. The van der Waals surface area contributed by atoms with Gasteiger partial charge in [0, 0.05) is 37.5 Å². The monoisotopic (exact) mass is 436 g/mol. The van der Waals surface area contributed by atoms with E-state index in [9.17, 15) is 4.79 Å². The number of pyridine rings is 1. The summed E-state index contributed by atoms with van der Waals surface area (Å²) >= 11 is 0. The number of hydrogen-bond acceptors (Lipinski definition) is 6. The molecule has 7 heteroatoms. The molecule has 2 aliphatic heterocycles. The highest BCUT2D eigenvalue weighted by Gasteiger charge is 2.38. The predicted octanol–water partition coefficient (Wildman–Crippen LogP) is 4.10. The molecule has 170 valence electrons. The van der Waals surface area contributed by atoms with Crippen molar-refractivity contribution in [1.82, 2.24) is 4.98 Å². The first kappa shape index (κ1) is 21.2. The van der Waals surface area contributed by atoms with Gasteiger partial charge in [-0.25, -0.2) is 4.98 Å². The van der Waals surface area contributed by atoms with Gasteiger partial charge >= 0.3 is 0 Å². The number of ether oxygens (including phenoxy) is 2. The van der Waals surface area contributed by atoms with Gasteiger partial charge in [0.15, 0.2) is 0 Å². The van der Waals surface area contributed by atoms with Gasteiger partial charge < -0.3 is 24.6 Å². The summed E-state index contributed by atoms with van der Waals surface area (Å²) in [6.45, 7) is 4.14. The number of nitrogens with zero attached hydrogens (tertiary/aromatic N) is 3. The predicted molar refractivity (Wildman–Crippen MR) is 126 cm³/mol. The largest absolute Gasteiger partial charge is 0.381 e. The molecule has 3 aliphatic rings. The summed E-state index contributed by atoms with van der Waals surface area (Å²) in [6, 6.07) is 10.3. The van der Waals surface area contributed by atoms with E-state index in [1.807, 2.05) is 17.0 Å². The van der Waals surface area contributed by atoms with E-state index >= 15 is 0 Å². The molecule has 1 saturated heterocycles. The maximum atomic E-state index is 13.8. The Morgan fingerprint density at radius 2 is 2.03 bits per heavy atom. The van der Waals surface area contributed by atoms with Gasteiger partial charge in [-0.2, -0.15) is 0 Å². The topological polar surface area (TPSA) is 66.9 Å². The van der Waals surface area contributed by atoms with E-state index in [4.69, 9.17) is 9.47 Å². The van der Waals surface area contributed by atoms with Crippen LogP contribution in [0.25, 0.3) is 0 Å². The first-order chi connectivity index (χ1) is 15.5. The molecule has 0 atom stereocenters. The molecule has 0 unspecified atom stereocenters. The summed E-state index contributed by atoms with van der Waals surface area (Å²) in [5.41, 5.74) is 3.90. The average Bonchev–Trinajstić information content (AvgIpc) is 2.98. The molecule has 2 aromatic rings. The fraction of sp³-hybridized carbons (Fsp3) is 0.520. The normalized spacial score (nSPS) is 23.8. The number of benzene rings is 1. The van der Waals surface area contributed by atoms with E-state index in [0.717, 1.165) is 54.1 Å². The van der Waals surface area contributed by atoms with Crippen molar-refractivity contribution < 1.29 is 14.3 Å². The van der Waals surface area contributed by atoms with Crippen molar-refractivity contribution in [2.24, 2.45) is 5.92 Å². The van der Waals surface area contributed by atoms with E-state index in [-0.39, 0.29) is 23.5 Å². The van der Waals surface area contributed by atoms with Gasteiger partial charge in [0.25, 0.3) is 0 Å². The zero-order chi connectivity index (χ0) is 22.3. The standard InChI is InChI=1S/C25H32N4O3/c1-25(15-32-16-25)28(2)19-8-11-21-22(13-19)29(14-18-5-4-12-26-23(18)27-21)24(30)17-6-9-20(31-3)10-7-17/h4-5,8,11-13,17,20H,6-7,9-10,14-16H2,1-3H3,(H,26,27). The van der Waals surface area contributed by atoms with Gasteiger partial charge in [-0.3, -0.25) is 4.79 Å². The third-order valence-corrected chi connectivity index (χ3v) is 7.39. The third-order valence-electron chi connectivity index (χ3n) is 7.39. The first-order valence-electron chi connectivity index (χ1n) is 11.5. The Morgan fingerprint density at radius 3 is 2.72 bits per heavy atom. The van der Waals surface area contributed by atoms with Crippen LogP contribution in [-0.4, -0.2) is 49.9 Å². The number of carbonyl (C=O) groups is 1. The van der Waals surface area contributed by atoms with Gasteiger partial charge in [-0.1, -0.05) is 6.07 Å². The molecule has 1 amide bonds. The minimum absolute atomic E-state index is 0.0198. The number of rotatable bonds is 4. The molecule has 1 N–H and O–H groups in total. The SMILES string of the molecule is COC1CCC(C(=O)N2Cc3cccnc3Nc3ccc(N(C)C4(C)COC4)cc32)CC1. The minimum atomic E-state index is -0.0235. The lowest BCUT2D eigenvalue weighted by molar-refractivity contribution is -0.124. The Balaban J connectivity index is 1.50. The van der Waals surface area contributed by atoms with Crippen molar-refractivity contribution in [3.63, 3.8) is 0 Å². The van der Waals surface area contributed by atoms with Crippen LogP contribution >= 0.6 is 0 Å². The van der Waals surface area contributed by atoms with E-state index < -0.39 is 0 Å². The fourth-order valence-corrected chi connectivity index (χ4v) is 4.98. The molecule has 3 heterocycles. The first-order valence-corrected chi connectivity index (χ1v) is 11.5. The number of aromatic nitrogens is 1. The number of amides is 1. The van der Waals surface area contributed by atoms with Crippen LogP contribution < -0.4 is 15.1 Å². The second-order valence-electron chi connectivity index (χ2n) is 9.52. The molecule has 1 aromatic heterocycles. The van der Waals surface area contributed by atoms with Gasteiger partial charge in [0.1, 0.15) is 5.82 Å². The van der Waals surface area contributed by atoms with Crippen molar-refractivity contribution in [3.8, 4) is 0 Å². The summed E-state index contributed by atoms with van der Waals surface area (Å²) in [5, 5.41) is 3.47. The molecule has 1 saturated carbocycles. The molecule has 5 rings (SSSR count). The van der Waals surface area contributed by atoms with Crippen molar-refractivity contribution in [2.75, 3.05) is 42.5 Å². The molecular weight excluding hydrogens is 404 g/mol. The number of hydrogen-bond donors (Lipinski definition) is 1. The average molecular weight is 437 g/mol. The maximum Gasteiger partial charge on any atom is 0.230 e. The van der Waals surface area contributed by atoms with Gasteiger partial charge in [-0.15, -0.1) is 0 Å². The van der Waals surface area contributed by atoms with Crippen LogP contribution in [0.3, 0.4) is 0 Å². The lowest BCUT2D eigenvalue weighted by Crippen LogP contribution is -2.59. The number of likely N-dealkylation sites (N-methyl/N-ethyl adjacent to an activating group) is 1. The highest BCUT2D eigenvalue weighted by atomic mass is 16.5. The van der Waals surface area contributed by atoms with E-state index in [1.54, 1.807) is 13.3 Å². The summed E-state index contributed by atoms with van der Waals surface area (Å²) in [7, 11) is 3.86. The number of anilines is 4. The molecule has 32 heavy (non-hydrogen) atoms. The van der Waals surface area contributed by atoms with Crippen LogP contribution in [0.1, 0.15) is 38.2 Å². The summed E-state index contributed by atoms with van der Waals surface area (Å²) < 4.78 is 11.0. The van der Waals surface area contributed by atoms with Crippen LogP contribution in [-0.2, 0) is 20.8 Å². The van der Waals surface area contributed by atoms with Crippen LogP contribution in [0, 0.1) is 5.92 Å². The number of nitrogens with one attached hydrogen (secondary N) is 1. The quantitative estimate of drug-likeness (QED) is 0.778. The zero-order valence-electron chi connectivity index (χ0n) is 19.1. The summed E-state index contributed by atoms with van der Waals surface area (Å²) in [6.07, 6.45) is 5.66. The fourth-order valence-electron chi connectivity index (χ4n) is 4.98. The zero-order valence-corrected chi connectivity index (χ0v) is 19.1. The Labute approximate surface area is 189 Å². The molecule has 0 radical (unpaired) electrons. The van der Waals surface area contributed by atoms with Crippen LogP contribution in [0.2, 0.25) is 0 Å². The van der Waals surface area contributed by atoms with Gasteiger partial charge in [-0.05, 0) is 56.9 Å².